The number of esters is 1. The number of phenols is 1. The molecule has 0 bridgehead atoms. The van der Waals surface area contributed by atoms with Gasteiger partial charge in [0, 0.05) is 11.5 Å². The number of Topliss-reactive ketones (excluding diaryl/α,β-unsaturated/α-hetero) is 1. The maximum atomic E-state index is 12.1. The summed E-state index contributed by atoms with van der Waals surface area (Å²) in [6.45, 7) is 1.04. The Bertz CT molecular complexity index is 967. The number of phenolic OH excluding ortho intramolecular Hbond substituents is 1. The summed E-state index contributed by atoms with van der Waals surface area (Å²) in [6.07, 6.45) is -0.0213. The maximum absolute atomic E-state index is 12.1. The van der Waals surface area contributed by atoms with Gasteiger partial charge in [0.2, 0.25) is 0 Å². The predicted octanol–water partition coefficient (Wildman–Crippen LogP) is 1.91. The van der Waals surface area contributed by atoms with Gasteiger partial charge < -0.3 is 25.1 Å². The third-order valence-electron chi connectivity index (χ3n) is 4.46. The minimum Gasteiger partial charge on any atom is -0.507 e. The fraction of sp³-hybridized carbons (Fsp3) is 0.250. The van der Waals surface area contributed by atoms with E-state index >= 15 is 0 Å². The lowest BCUT2D eigenvalue weighted by Gasteiger charge is -2.27. The molecule has 2 aromatic carbocycles. The van der Waals surface area contributed by atoms with Crippen LogP contribution < -0.4 is 19.9 Å². The highest BCUT2D eigenvalue weighted by molar-refractivity contribution is 5.98. The molecular weight excluding hydrogens is 366 g/mol. The Morgan fingerprint density at radius 2 is 2.00 bits per heavy atom. The fourth-order valence-corrected chi connectivity index (χ4v) is 3.19. The number of rotatable bonds is 6. The van der Waals surface area contributed by atoms with E-state index in [1.165, 1.54) is 26.2 Å². The van der Waals surface area contributed by atoms with E-state index in [1.807, 2.05) is 0 Å². The topological polar surface area (TPSA) is 125 Å². The molecule has 146 valence electrons. The van der Waals surface area contributed by atoms with Crippen LogP contribution in [0.3, 0.4) is 0 Å². The first-order valence-corrected chi connectivity index (χ1v) is 8.48. The van der Waals surface area contributed by atoms with Crippen molar-refractivity contribution in [3.8, 4) is 23.0 Å². The summed E-state index contributed by atoms with van der Waals surface area (Å²) < 4.78 is 15.8. The van der Waals surface area contributed by atoms with Gasteiger partial charge in [-0.25, -0.2) is 0 Å². The molecule has 0 saturated carbocycles. The predicted molar refractivity (Wildman–Crippen MR) is 97.9 cm³/mol. The van der Waals surface area contributed by atoms with Crippen molar-refractivity contribution in [2.75, 3.05) is 13.7 Å². The van der Waals surface area contributed by atoms with Crippen LogP contribution in [0.4, 0.5) is 0 Å². The van der Waals surface area contributed by atoms with E-state index in [4.69, 9.17) is 19.9 Å². The molecule has 0 aliphatic carbocycles. The van der Waals surface area contributed by atoms with E-state index in [2.05, 4.69) is 0 Å². The molecule has 8 nitrogen and oxygen atoms in total. The normalized spacial score (nSPS) is 15.4. The molecule has 1 unspecified atom stereocenters. The monoisotopic (exact) mass is 385 g/mol. The van der Waals surface area contributed by atoms with Crippen molar-refractivity contribution < 1.29 is 33.7 Å². The van der Waals surface area contributed by atoms with Gasteiger partial charge in [-0.1, -0.05) is 6.07 Å². The van der Waals surface area contributed by atoms with Crippen molar-refractivity contribution in [2.24, 2.45) is 5.73 Å². The molecule has 0 saturated heterocycles. The van der Waals surface area contributed by atoms with Crippen molar-refractivity contribution in [1.29, 1.82) is 0 Å². The number of amides is 1. The number of hydrogen-bond donors (Lipinski definition) is 2. The van der Waals surface area contributed by atoms with E-state index in [1.54, 1.807) is 18.2 Å². The molecule has 28 heavy (non-hydrogen) atoms. The third-order valence-corrected chi connectivity index (χ3v) is 4.46. The highest BCUT2D eigenvalue weighted by atomic mass is 16.5. The number of methoxy groups -OCH3 is 1. The Balaban J connectivity index is 2.07. The number of carbonyl (C=O) groups is 3. The maximum Gasteiger partial charge on any atom is 0.312 e. The Labute approximate surface area is 160 Å². The first-order chi connectivity index (χ1) is 13.3. The highest BCUT2D eigenvalue weighted by Crippen LogP contribution is 2.46. The molecule has 1 aliphatic rings. The molecule has 0 radical (unpaired) electrons. The minimum absolute atomic E-state index is 0.0213. The Morgan fingerprint density at radius 1 is 1.25 bits per heavy atom. The van der Waals surface area contributed by atoms with Crippen LogP contribution in [0.15, 0.2) is 30.3 Å². The largest absolute Gasteiger partial charge is 0.507 e. The average molecular weight is 385 g/mol. The number of nitrogens with two attached hydrogens (primary N) is 1. The lowest BCUT2D eigenvalue weighted by molar-refractivity contribution is -0.135. The van der Waals surface area contributed by atoms with E-state index in [0.29, 0.717) is 22.6 Å². The molecule has 8 heteroatoms. The number of hydrogen-bond acceptors (Lipinski definition) is 7. The average Bonchev–Trinajstić information content (AvgIpc) is 2.65. The van der Waals surface area contributed by atoms with Crippen LogP contribution in [-0.4, -0.2) is 36.5 Å². The van der Waals surface area contributed by atoms with Gasteiger partial charge in [-0.3, -0.25) is 14.4 Å². The van der Waals surface area contributed by atoms with Crippen LogP contribution in [0.25, 0.3) is 0 Å². The van der Waals surface area contributed by atoms with Crippen LogP contribution in [-0.2, 0) is 9.59 Å². The SMILES string of the molecule is COc1cc(C2CC(=O)Oc3ccc(C(C)=O)c(O)c32)ccc1OCC(N)=O. The second-order valence-electron chi connectivity index (χ2n) is 6.33. The summed E-state index contributed by atoms with van der Waals surface area (Å²) in [5, 5.41) is 10.6. The number of fused-ring (bicyclic) bond motifs is 1. The quantitative estimate of drug-likeness (QED) is 0.442. The molecule has 3 N–H and O–H groups in total. The van der Waals surface area contributed by atoms with Crippen molar-refractivity contribution >= 4 is 17.7 Å². The van der Waals surface area contributed by atoms with Crippen LogP contribution >= 0.6 is 0 Å². The number of aromatic hydroxyl groups is 1. The van der Waals surface area contributed by atoms with Crippen molar-refractivity contribution in [1.82, 2.24) is 0 Å². The number of benzene rings is 2. The molecule has 1 heterocycles. The molecule has 0 aromatic heterocycles. The molecule has 3 rings (SSSR count). The van der Waals surface area contributed by atoms with E-state index in [9.17, 15) is 19.5 Å². The molecule has 0 fully saturated rings. The molecule has 0 spiro atoms. The van der Waals surface area contributed by atoms with Gasteiger partial charge in [0.15, 0.2) is 23.9 Å². The second kappa shape index (κ2) is 7.59. The summed E-state index contributed by atoms with van der Waals surface area (Å²) in [4.78, 5) is 34.8. The molecule has 1 aliphatic heterocycles. The number of primary amides is 1. The lowest BCUT2D eigenvalue weighted by atomic mass is 9.84. The standard InChI is InChI=1S/C20H19NO7/c1-10(22)12-4-6-15-19(20(12)25)13(8-18(24)28-15)11-3-5-14(16(7-11)26-2)27-9-17(21)23/h3-7,13,25H,8-9H2,1-2H3,(H2,21,23). The van der Waals surface area contributed by atoms with Crippen molar-refractivity contribution in [2.45, 2.75) is 19.3 Å². The van der Waals surface area contributed by atoms with Gasteiger partial charge in [-0.2, -0.15) is 0 Å². The van der Waals surface area contributed by atoms with E-state index in [-0.39, 0.29) is 35.9 Å². The summed E-state index contributed by atoms with van der Waals surface area (Å²) >= 11 is 0. The summed E-state index contributed by atoms with van der Waals surface area (Å²) in [5.74, 6) is -1.30. The highest BCUT2D eigenvalue weighted by Gasteiger charge is 2.33. The number of carbonyl (C=O) groups excluding carboxylic acids is 3. The zero-order valence-corrected chi connectivity index (χ0v) is 15.4. The molecule has 1 atom stereocenters. The van der Waals surface area contributed by atoms with Gasteiger partial charge in [-0.15, -0.1) is 0 Å². The molecule has 2 aromatic rings. The molecule has 1 amide bonds. The number of ketones is 1. The van der Waals surface area contributed by atoms with Gasteiger partial charge in [0.1, 0.15) is 11.5 Å². The zero-order chi connectivity index (χ0) is 20.4. The zero-order valence-electron chi connectivity index (χ0n) is 15.4. The van der Waals surface area contributed by atoms with Crippen LogP contribution in [0.2, 0.25) is 0 Å². The van der Waals surface area contributed by atoms with Crippen LogP contribution in [0.1, 0.15) is 40.7 Å². The van der Waals surface area contributed by atoms with Crippen molar-refractivity contribution in [3.63, 3.8) is 0 Å². The lowest BCUT2D eigenvalue weighted by Crippen LogP contribution is -2.22. The summed E-state index contributed by atoms with van der Waals surface area (Å²) in [7, 11) is 1.44. The second-order valence-corrected chi connectivity index (χ2v) is 6.33. The Kier molecular flexibility index (Phi) is 5.21. The van der Waals surface area contributed by atoms with Crippen molar-refractivity contribution in [3.05, 3.63) is 47.0 Å². The van der Waals surface area contributed by atoms with E-state index in [0.717, 1.165) is 0 Å². The summed E-state index contributed by atoms with van der Waals surface area (Å²) in [6, 6.07) is 7.84. The summed E-state index contributed by atoms with van der Waals surface area (Å²) in [5.41, 5.74) is 6.25. The smallest absolute Gasteiger partial charge is 0.312 e. The van der Waals surface area contributed by atoms with Crippen LogP contribution in [0.5, 0.6) is 23.0 Å². The van der Waals surface area contributed by atoms with Gasteiger partial charge in [0.25, 0.3) is 5.91 Å². The third kappa shape index (κ3) is 3.62. The minimum atomic E-state index is -0.628. The molecular formula is C20H19NO7. The van der Waals surface area contributed by atoms with Gasteiger partial charge >= 0.3 is 5.97 Å². The van der Waals surface area contributed by atoms with Gasteiger partial charge in [-0.05, 0) is 36.8 Å². The first-order valence-electron chi connectivity index (χ1n) is 8.48. The first kappa shape index (κ1) is 19.2. The van der Waals surface area contributed by atoms with E-state index < -0.39 is 17.8 Å². The van der Waals surface area contributed by atoms with Gasteiger partial charge in [0.05, 0.1) is 19.1 Å². The Hall–Kier alpha value is -3.55. The Morgan fingerprint density at radius 3 is 2.64 bits per heavy atom. The van der Waals surface area contributed by atoms with Crippen LogP contribution in [0, 0.1) is 0 Å². The fourth-order valence-electron chi connectivity index (χ4n) is 3.19. The number of ether oxygens (including phenoxy) is 3.